The van der Waals surface area contributed by atoms with Crippen LogP contribution in [-0.4, -0.2) is 57.2 Å². The zero-order chi connectivity index (χ0) is 20.9. The summed E-state index contributed by atoms with van der Waals surface area (Å²) in [6.45, 7) is 4.87. The van der Waals surface area contributed by atoms with Crippen LogP contribution < -0.4 is 0 Å². The monoisotopic (exact) mass is 410 g/mol. The molecule has 160 valence electrons. The highest BCUT2D eigenvalue weighted by molar-refractivity contribution is 5.67. The SMILES string of the molecule is Cc1ncc(C(CC(=O)O)N2CC(COCCc3ccc4c(n3)CCCC4)C2)cn1. The van der Waals surface area contributed by atoms with Crippen LogP contribution in [0.15, 0.2) is 24.5 Å². The van der Waals surface area contributed by atoms with Crippen LogP contribution in [0.25, 0.3) is 0 Å². The topological polar surface area (TPSA) is 88.4 Å². The number of fused-ring (bicyclic) bond motifs is 1. The molecule has 30 heavy (non-hydrogen) atoms. The van der Waals surface area contributed by atoms with E-state index in [0.29, 0.717) is 25.0 Å². The van der Waals surface area contributed by atoms with Gasteiger partial charge < -0.3 is 9.84 Å². The third-order valence-corrected chi connectivity index (χ3v) is 6.07. The summed E-state index contributed by atoms with van der Waals surface area (Å²) >= 11 is 0. The standard InChI is InChI=1S/C23H30N4O3/c1-16-24-11-19(12-25-16)22(10-23(28)29)27-13-17(14-27)15-30-9-8-20-7-6-18-4-2-3-5-21(18)26-20/h6-7,11-12,17,22H,2-5,8-10,13-15H2,1H3,(H,28,29). The highest BCUT2D eigenvalue weighted by Crippen LogP contribution is 2.31. The summed E-state index contributed by atoms with van der Waals surface area (Å²) in [5.74, 6) is 0.318. The summed E-state index contributed by atoms with van der Waals surface area (Å²) in [5.41, 5.74) is 4.67. The van der Waals surface area contributed by atoms with Crippen LogP contribution >= 0.6 is 0 Å². The van der Waals surface area contributed by atoms with E-state index in [4.69, 9.17) is 9.72 Å². The van der Waals surface area contributed by atoms with Crippen LogP contribution in [0.3, 0.4) is 0 Å². The molecule has 0 saturated carbocycles. The Morgan fingerprint density at radius 2 is 2.00 bits per heavy atom. The number of aromatic nitrogens is 3. The summed E-state index contributed by atoms with van der Waals surface area (Å²) < 4.78 is 5.91. The van der Waals surface area contributed by atoms with Crippen LogP contribution in [0.4, 0.5) is 0 Å². The molecule has 1 aliphatic carbocycles. The number of carbonyl (C=O) groups is 1. The van der Waals surface area contributed by atoms with E-state index in [-0.39, 0.29) is 12.5 Å². The number of hydrogen-bond donors (Lipinski definition) is 1. The number of likely N-dealkylation sites (tertiary alicyclic amines) is 1. The van der Waals surface area contributed by atoms with E-state index in [2.05, 4.69) is 27.0 Å². The van der Waals surface area contributed by atoms with Gasteiger partial charge in [-0.05, 0) is 44.2 Å². The van der Waals surface area contributed by atoms with Crippen LogP contribution in [-0.2, 0) is 28.8 Å². The van der Waals surface area contributed by atoms with Crippen LogP contribution in [0.1, 0.15) is 53.6 Å². The fraction of sp³-hybridized carbons (Fsp3) is 0.565. The molecule has 1 N–H and O–H groups in total. The summed E-state index contributed by atoms with van der Waals surface area (Å²) in [4.78, 5) is 26.7. The number of rotatable bonds is 9. The second-order valence-electron chi connectivity index (χ2n) is 8.44. The average molecular weight is 411 g/mol. The maximum Gasteiger partial charge on any atom is 0.305 e. The van der Waals surface area contributed by atoms with Gasteiger partial charge >= 0.3 is 5.97 Å². The molecular formula is C23H30N4O3. The minimum atomic E-state index is -0.808. The highest BCUT2D eigenvalue weighted by Gasteiger charge is 2.34. The molecule has 0 bridgehead atoms. The van der Waals surface area contributed by atoms with E-state index < -0.39 is 5.97 Å². The van der Waals surface area contributed by atoms with Crippen LogP contribution in [0.5, 0.6) is 0 Å². The summed E-state index contributed by atoms with van der Waals surface area (Å²) in [6, 6.07) is 4.19. The van der Waals surface area contributed by atoms with Gasteiger partial charge in [-0.2, -0.15) is 0 Å². The van der Waals surface area contributed by atoms with Gasteiger partial charge in [0.15, 0.2) is 0 Å². The van der Waals surface area contributed by atoms with Gasteiger partial charge in [-0.3, -0.25) is 14.7 Å². The molecule has 0 spiro atoms. The molecule has 2 aliphatic rings. The lowest BCUT2D eigenvalue weighted by atomic mass is 9.94. The number of hydrogen-bond acceptors (Lipinski definition) is 6. The van der Waals surface area contributed by atoms with Crippen molar-refractivity contribution in [2.45, 2.75) is 51.5 Å². The number of carboxylic acids is 1. The molecule has 1 saturated heterocycles. The molecule has 1 aliphatic heterocycles. The van der Waals surface area contributed by atoms with E-state index in [1.807, 2.05) is 6.92 Å². The highest BCUT2D eigenvalue weighted by atomic mass is 16.5. The van der Waals surface area contributed by atoms with Crippen molar-refractivity contribution in [2.24, 2.45) is 5.92 Å². The first-order chi connectivity index (χ1) is 14.6. The van der Waals surface area contributed by atoms with Gasteiger partial charge in [0, 0.05) is 60.8 Å². The van der Waals surface area contributed by atoms with Crippen molar-refractivity contribution in [1.82, 2.24) is 19.9 Å². The molecule has 7 heteroatoms. The van der Waals surface area contributed by atoms with Crippen molar-refractivity contribution in [3.8, 4) is 0 Å². The van der Waals surface area contributed by atoms with E-state index in [1.165, 1.54) is 24.1 Å². The molecule has 0 amide bonds. The largest absolute Gasteiger partial charge is 0.481 e. The molecule has 2 aromatic rings. The van der Waals surface area contributed by atoms with Crippen molar-refractivity contribution in [3.63, 3.8) is 0 Å². The van der Waals surface area contributed by atoms with Gasteiger partial charge in [0.2, 0.25) is 0 Å². The zero-order valence-electron chi connectivity index (χ0n) is 17.6. The maximum atomic E-state index is 11.3. The normalized spacial score (nSPS) is 17.9. The first kappa shape index (κ1) is 20.9. The fourth-order valence-electron chi connectivity index (χ4n) is 4.36. The number of ether oxygens (including phenoxy) is 1. The lowest BCUT2D eigenvalue weighted by Gasteiger charge is -2.43. The Labute approximate surface area is 177 Å². The van der Waals surface area contributed by atoms with E-state index in [9.17, 15) is 9.90 Å². The van der Waals surface area contributed by atoms with E-state index in [1.54, 1.807) is 12.4 Å². The predicted molar refractivity (Wildman–Crippen MR) is 112 cm³/mol. The lowest BCUT2D eigenvalue weighted by molar-refractivity contribution is -0.139. The smallest absolute Gasteiger partial charge is 0.305 e. The summed E-state index contributed by atoms with van der Waals surface area (Å²) in [6.07, 6.45) is 9.17. The summed E-state index contributed by atoms with van der Waals surface area (Å²) in [7, 11) is 0. The van der Waals surface area contributed by atoms with Crippen molar-refractivity contribution in [3.05, 3.63) is 52.9 Å². The molecule has 0 radical (unpaired) electrons. The quantitative estimate of drug-likeness (QED) is 0.636. The van der Waals surface area contributed by atoms with Gasteiger partial charge in [-0.25, -0.2) is 9.97 Å². The molecule has 1 unspecified atom stereocenters. The Hall–Kier alpha value is -2.38. The van der Waals surface area contributed by atoms with Gasteiger partial charge in [-0.1, -0.05) is 6.07 Å². The second-order valence-corrected chi connectivity index (χ2v) is 8.44. The number of aryl methyl sites for hydroxylation is 3. The van der Waals surface area contributed by atoms with Crippen molar-refractivity contribution >= 4 is 5.97 Å². The Morgan fingerprint density at radius 1 is 1.23 bits per heavy atom. The van der Waals surface area contributed by atoms with Gasteiger partial charge in [0.05, 0.1) is 19.6 Å². The van der Waals surface area contributed by atoms with Gasteiger partial charge in [-0.15, -0.1) is 0 Å². The number of pyridine rings is 1. The minimum Gasteiger partial charge on any atom is -0.481 e. The van der Waals surface area contributed by atoms with Gasteiger partial charge in [0.25, 0.3) is 0 Å². The van der Waals surface area contributed by atoms with Crippen molar-refractivity contribution in [2.75, 3.05) is 26.3 Å². The number of aliphatic carboxylic acids is 1. The fourth-order valence-corrected chi connectivity index (χ4v) is 4.36. The Morgan fingerprint density at radius 3 is 2.77 bits per heavy atom. The molecule has 3 heterocycles. The second kappa shape index (κ2) is 9.62. The van der Waals surface area contributed by atoms with Crippen molar-refractivity contribution in [1.29, 1.82) is 0 Å². The predicted octanol–water partition coefficient (Wildman–Crippen LogP) is 2.77. The Balaban J connectivity index is 1.21. The lowest BCUT2D eigenvalue weighted by Crippen LogP contribution is -2.50. The zero-order valence-corrected chi connectivity index (χ0v) is 17.6. The number of carboxylic acid groups (broad SMARTS) is 1. The van der Waals surface area contributed by atoms with E-state index >= 15 is 0 Å². The first-order valence-electron chi connectivity index (χ1n) is 10.9. The molecule has 1 fully saturated rings. The molecule has 7 nitrogen and oxygen atoms in total. The Bertz CT molecular complexity index is 865. The van der Waals surface area contributed by atoms with E-state index in [0.717, 1.165) is 43.6 Å². The maximum absolute atomic E-state index is 11.3. The molecule has 1 atom stereocenters. The van der Waals surface area contributed by atoms with Gasteiger partial charge in [0.1, 0.15) is 5.82 Å². The minimum absolute atomic E-state index is 0.0595. The van der Waals surface area contributed by atoms with Crippen LogP contribution in [0, 0.1) is 12.8 Å². The first-order valence-corrected chi connectivity index (χ1v) is 10.9. The third kappa shape index (κ3) is 5.21. The van der Waals surface area contributed by atoms with Crippen LogP contribution in [0.2, 0.25) is 0 Å². The molecule has 4 rings (SSSR count). The molecular weight excluding hydrogens is 380 g/mol. The number of nitrogens with zero attached hydrogens (tertiary/aromatic N) is 4. The Kier molecular flexibility index (Phi) is 6.69. The molecule has 0 aromatic carbocycles. The third-order valence-electron chi connectivity index (χ3n) is 6.07. The molecule has 2 aromatic heterocycles. The van der Waals surface area contributed by atoms with Crippen molar-refractivity contribution < 1.29 is 14.6 Å². The summed E-state index contributed by atoms with van der Waals surface area (Å²) in [5, 5.41) is 9.29. The average Bonchev–Trinajstić information content (AvgIpc) is 2.71.